The minimum atomic E-state index is -4.56. The van der Waals surface area contributed by atoms with Gasteiger partial charge in [0.15, 0.2) is 0 Å². The minimum absolute atomic E-state index is 0.126. The second-order valence-electron chi connectivity index (χ2n) is 5.44. The summed E-state index contributed by atoms with van der Waals surface area (Å²) in [5.41, 5.74) is -0.538. The highest BCUT2D eigenvalue weighted by Crippen LogP contribution is 2.35. The molecule has 0 bridgehead atoms. The van der Waals surface area contributed by atoms with E-state index in [9.17, 15) is 22.4 Å². The van der Waals surface area contributed by atoms with Crippen molar-refractivity contribution in [1.82, 2.24) is 9.88 Å². The average molecular weight is 355 g/mol. The maximum absolute atomic E-state index is 12.9. The van der Waals surface area contributed by atoms with Gasteiger partial charge in [-0.3, -0.25) is 0 Å². The van der Waals surface area contributed by atoms with Crippen LogP contribution in [0.25, 0.3) is 0 Å². The monoisotopic (exact) mass is 355 g/mol. The van der Waals surface area contributed by atoms with Crippen molar-refractivity contribution in [3.8, 4) is 5.88 Å². The van der Waals surface area contributed by atoms with Crippen molar-refractivity contribution in [2.45, 2.75) is 12.3 Å². The van der Waals surface area contributed by atoms with E-state index in [1.54, 1.807) is 0 Å². The molecule has 132 valence electrons. The third kappa shape index (κ3) is 3.98. The lowest BCUT2D eigenvalue weighted by Crippen LogP contribution is -2.57. The first-order valence-electron chi connectivity index (χ1n) is 7.33. The number of alkyl halides is 3. The van der Waals surface area contributed by atoms with Gasteiger partial charge in [0.25, 0.3) is 0 Å². The number of nitrogens with zero attached hydrogens (tertiary/aromatic N) is 2. The second kappa shape index (κ2) is 6.58. The number of amides is 2. The molecule has 5 nitrogen and oxygen atoms in total. The van der Waals surface area contributed by atoms with Crippen LogP contribution in [0.1, 0.15) is 5.56 Å². The van der Waals surface area contributed by atoms with E-state index in [0.717, 1.165) is 6.07 Å². The molecule has 1 fully saturated rings. The van der Waals surface area contributed by atoms with Crippen LogP contribution < -0.4 is 10.1 Å². The van der Waals surface area contributed by atoms with Gasteiger partial charge in [-0.05, 0) is 36.4 Å². The number of halogens is 4. The van der Waals surface area contributed by atoms with Crippen molar-refractivity contribution < 1.29 is 27.1 Å². The zero-order valence-corrected chi connectivity index (χ0v) is 12.8. The standard InChI is InChI=1S/C16H13F4N3O2/c17-10-3-5-11(6-4-10)22-15(24)23-8-12(9-23)25-14-13(16(18,19)20)2-1-7-21-14/h1-7,12H,8-9H2,(H,22,24). The third-order valence-corrected chi connectivity index (χ3v) is 3.59. The molecule has 1 aliphatic rings. The predicted molar refractivity (Wildman–Crippen MR) is 80.6 cm³/mol. The van der Waals surface area contributed by atoms with Gasteiger partial charge in [-0.2, -0.15) is 13.2 Å². The summed E-state index contributed by atoms with van der Waals surface area (Å²) in [6.45, 7) is 0.252. The van der Waals surface area contributed by atoms with E-state index >= 15 is 0 Å². The number of hydrogen-bond acceptors (Lipinski definition) is 3. The Morgan fingerprint density at radius 3 is 2.52 bits per heavy atom. The van der Waals surface area contributed by atoms with Crippen molar-refractivity contribution in [1.29, 1.82) is 0 Å². The average Bonchev–Trinajstić information content (AvgIpc) is 2.52. The van der Waals surface area contributed by atoms with E-state index in [1.165, 1.54) is 41.4 Å². The molecule has 2 aromatic rings. The lowest BCUT2D eigenvalue weighted by atomic mass is 10.2. The van der Waals surface area contributed by atoms with Crippen LogP contribution in [0.15, 0.2) is 42.6 Å². The molecule has 1 aromatic carbocycles. The van der Waals surface area contributed by atoms with Gasteiger partial charge in [-0.15, -0.1) is 0 Å². The second-order valence-corrected chi connectivity index (χ2v) is 5.44. The summed E-state index contributed by atoms with van der Waals surface area (Å²) in [7, 11) is 0. The van der Waals surface area contributed by atoms with E-state index < -0.39 is 35.6 Å². The maximum atomic E-state index is 12.9. The Hall–Kier alpha value is -2.84. The summed E-state index contributed by atoms with van der Waals surface area (Å²) in [6, 6.07) is 6.85. The van der Waals surface area contributed by atoms with E-state index in [2.05, 4.69) is 10.3 Å². The summed E-state index contributed by atoms with van der Waals surface area (Å²) >= 11 is 0. The van der Waals surface area contributed by atoms with E-state index in [0.29, 0.717) is 5.69 Å². The van der Waals surface area contributed by atoms with E-state index in [-0.39, 0.29) is 13.1 Å². The number of aromatic nitrogens is 1. The minimum Gasteiger partial charge on any atom is -0.470 e. The highest BCUT2D eigenvalue weighted by molar-refractivity contribution is 5.89. The van der Waals surface area contributed by atoms with Crippen LogP contribution in [0, 0.1) is 5.82 Å². The Bertz CT molecular complexity index is 759. The molecular weight excluding hydrogens is 342 g/mol. The normalized spacial score (nSPS) is 14.8. The van der Waals surface area contributed by atoms with Crippen molar-refractivity contribution in [3.05, 3.63) is 54.0 Å². The summed E-state index contributed by atoms with van der Waals surface area (Å²) in [5.74, 6) is -0.926. The van der Waals surface area contributed by atoms with E-state index in [1.807, 2.05) is 0 Å². The number of hydrogen-bond donors (Lipinski definition) is 1. The Labute approximate surface area is 140 Å². The maximum Gasteiger partial charge on any atom is 0.421 e. The van der Waals surface area contributed by atoms with Crippen molar-refractivity contribution in [3.63, 3.8) is 0 Å². The van der Waals surface area contributed by atoms with Crippen molar-refractivity contribution in [2.24, 2.45) is 0 Å². The number of nitrogens with one attached hydrogen (secondary N) is 1. The third-order valence-electron chi connectivity index (χ3n) is 3.59. The molecule has 9 heteroatoms. The molecule has 0 radical (unpaired) electrons. The van der Waals surface area contributed by atoms with Gasteiger partial charge in [0.1, 0.15) is 17.5 Å². The first-order valence-corrected chi connectivity index (χ1v) is 7.33. The molecule has 25 heavy (non-hydrogen) atoms. The van der Waals surface area contributed by atoms with Crippen LogP contribution in [0.3, 0.4) is 0 Å². The van der Waals surface area contributed by atoms with Crippen LogP contribution in [0.2, 0.25) is 0 Å². The molecule has 1 N–H and O–H groups in total. The van der Waals surface area contributed by atoms with Crippen LogP contribution >= 0.6 is 0 Å². The Kier molecular flexibility index (Phi) is 4.47. The molecule has 0 spiro atoms. The van der Waals surface area contributed by atoms with Crippen molar-refractivity contribution in [2.75, 3.05) is 18.4 Å². The quantitative estimate of drug-likeness (QED) is 0.857. The lowest BCUT2D eigenvalue weighted by Gasteiger charge is -2.38. The molecule has 0 atom stereocenters. The van der Waals surface area contributed by atoms with Crippen LogP contribution in [0.4, 0.5) is 28.0 Å². The number of urea groups is 1. The number of pyridine rings is 1. The van der Waals surface area contributed by atoms with E-state index in [4.69, 9.17) is 4.74 Å². The fourth-order valence-corrected chi connectivity index (χ4v) is 2.27. The topological polar surface area (TPSA) is 54.5 Å². The SMILES string of the molecule is O=C(Nc1ccc(F)cc1)N1CC(Oc2ncccc2C(F)(F)F)C1. The molecular formula is C16H13F4N3O2. The number of rotatable bonds is 3. The zero-order valence-electron chi connectivity index (χ0n) is 12.8. The number of ether oxygens (including phenoxy) is 1. The molecule has 1 aromatic heterocycles. The van der Waals surface area contributed by atoms with Gasteiger partial charge >= 0.3 is 12.2 Å². The Morgan fingerprint density at radius 2 is 1.88 bits per heavy atom. The molecule has 1 aliphatic heterocycles. The van der Waals surface area contributed by atoms with Gasteiger partial charge in [0, 0.05) is 11.9 Å². The largest absolute Gasteiger partial charge is 0.470 e. The highest BCUT2D eigenvalue weighted by Gasteiger charge is 2.38. The van der Waals surface area contributed by atoms with Crippen molar-refractivity contribution >= 4 is 11.7 Å². The molecule has 0 aliphatic carbocycles. The fraction of sp³-hybridized carbons (Fsp3) is 0.250. The van der Waals surface area contributed by atoms with Gasteiger partial charge in [0.2, 0.25) is 5.88 Å². The molecule has 1 saturated heterocycles. The summed E-state index contributed by atoms with van der Waals surface area (Å²) in [4.78, 5) is 17.0. The number of carbonyl (C=O) groups excluding carboxylic acids is 1. The number of likely N-dealkylation sites (tertiary alicyclic amines) is 1. The summed E-state index contributed by atoms with van der Waals surface area (Å²) in [5, 5.41) is 2.56. The first kappa shape index (κ1) is 17.0. The molecule has 2 heterocycles. The molecule has 3 rings (SSSR count). The summed E-state index contributed by atoms with van der Waals surface area (Å²) in [6.07, 6.45) is -3.93. The van der Waals surface area contributed by atoms with Gasteiger partial charge in [-0.1, -0.05) is 0 Å². The van der Waals surface area contributed by atoms with Gasteiger partial charge < -0.3 is 15.0 Å². The number of carbonyl (C=O) groups is 1. The van der Waals surface area contributed by atoms with Gasteiger partial charge in [-0.25, -0.2) is 14.2 Å². The summed E-state index contributed by atoms with van der Waals surface area (Å²) < 4.78 is 56.7. The zero-order chi connectivity index (χ0) is 18.0. The Morgan fingerprint density at radius 1 is 1.20 bits per heavy atom. The molecule has 0 unspecified atom stereocenters. The van der Waals surface area contributed by atoms with Crippen LogP contribution in [0.5, 0.6) is 5.88 Å². The highest BCUT2D eigenvalue weighted by atomic mass is 19.4. The number of anilines is 1. The lowest BCUT2D eigenvalue weighted by molar-refractivity contribution is -0.140. The Balaban J connectivity index is 1.55. The predicted octanol–water partition coefficient (Wildman–Crippen LogP) is 3.53. The molecule has 2 amide bonds. The molecule has 0 saturated carbocycles. The first-order chi connectivity index (χ1) is 11.8. The smallest absolute Gasteiger partial charge is 0.421 e. The number of benzene rings is 1. The van der Waals surface area contributed by atoms with Crippen LogP contribution in [-0.4, -0.2) is 35.1 Å². The fourth-order valence-electron chi connectivity index (χ4n) is 2.27. The van der Waals surface area contributed by atoms with Crippen LogP contribution in [-0.2, 0) is 6.18 Å². The van der Waals surface area contributed by atoms with Gasteiger partial charge in [0.05, 0.1) is 13.1 Å².